The molecule has 0 rings (SSSR count). The van der Waals surface area contributed by atoms with Crippen molar-refractivity contribution in [3.63, 3.8) is 0 Å². The molecule has 2 heteroatoms. The van der Waals surface area contributed by atoms with Crippen LogP contribution in [0.15, 0.2) is 0 Å². The molecule has 0 aromatic carbocycles. The van der Waals surface area contributed by atoms with Gasteiger partial charge in [0.15, 0.2) is 0 Å². The van der Waals surface area contributed by atoms with E-state index in [0.29, 0.717) is 0 Å². The second-order valence-electron chi connectivity index (χ2n) is 5.65. The molecule has 0 unspecified atom stereocenters. The first-order chi connectivity index (χ1) is 8.24. The highest BCUT2D eigenvalue weighted by Crippen LogP contribution is 2.60. The molecule has 0 aliphatic carbocycles. The van der Waals surface area contributed by atoms with Gasteiger partial charge in [0, 0.05) is 7.26 Å². The molecule has 0 aliphatic rings. The maximum absolute atomic E-state index is 2.39. The van der Waals surface area contributed by atoms with Crippen molar-refractivity contribution in [2.45, 2.75) is 79.1 Å². The van der Waals surface area contributed by atoms with Crippen LogP contribution in [0.5, 0.6) is 0 Å². The fraction of sp³-hybridized carbons (Fsp3) is 1.00. The molecule has 0 saturated heterocycles. The third kappa shape index (κ3) is 9.79. The van der Waals surface area contributed by atoms with E-state index in [2.05, 4.69) is 27.7 Å². The van der Waals surface area contributed by atoms with E-state index in [-0.39, 0.29) is 17.0 Å². The van der Waals surface area contributed by atoms with Gasteiger partial charge >= 0.3 is 0 Å². The van der Waals surface area contributed by atoms with Crippen molar-refractivity contribution in [1.29, 1.82) is 0 Å². The first kappa shape index (κ1) is 21.2. The Kier molecular flexibility index (Phi) is 16.9. The fourth-order valence-electron chi connectivity index (χ4n) is 3.14. The van der Waals surface area contributed by atoms with Gasteiger partial charge in [0.1, 0.15) is 0 Å². The van der Waals surface area contributed by atoms with Crippen molar-refractivity contribution in [3.05, 3.63) is 0 Å². The van der Waals surface area contributed by atoms with Gasteiger partial charge in [-0.15, -0.1) is 0 Å². The van der Waals surface area contributed by atoms with Gasteiger partial charge in [-0.3, -0.25) is 0 Å². The molecule has 0 aliphatic heterocycles. The second kappa shape index (κ2) is 14.3. The zero-order valence-electron chi connectivity index (χ0n) is 13.3. The van der Waals surface area contributed by atoms with Gasteiger partial charge in [0.2, 0.25) is 0 Å². The second-order valence-corrected chi connectivity index (χ2v) is 10.1. The molecule has 0 saturated carbocycles. The van der Waals surface area contributed by atoms with E-state index >= 15 is 0 Å². The third-order valence-corrected chi connectivity index (χ3v) is 9.28. The van der Waals surface area contributed by atoms with Gasteiger partial charge in [-0.05, 0) is 32.1 Å². The van der Waals surface area contributed by atoms with Gasteiger partial charge in [-0.25, -0.2) is 0 Å². The van der Waals surface area contributed by atoms with Gasteiger partial charge in [-0.2, -0.15) is 0 Å². The summed E-state index contributed by atoms with van der Waals surface area (Å²) < 4.78 is 0. The Morgan fingerprint density at radius 3 is 1.33 bits per heavy atom. The summed E-state index contributed by atoms with van der Waals surface area (Å²) in [6, 6.07) is 0. The van der Waals surface area contributed by atoms with E-state index < -0.39 is 7.26 Å². The SMILES string of the molecule is CCCCCCC[P+](CCC)(CCC)CCC.[Br-]. The Labute approximate surface area is 128 Å². The highest BCUT2D eigenvalue weighted by atomic mass is 79.9. The van der Waals surface area contributed by atoms with Crippen molar-refractivity contribution in [2.24, 2.45) is 0 Å². The molecule has 0 spiro atoms. The van der Waals surface area contributed by atoms with Crippen LogP contribution in [0.25, 0.3) is 0 Å². The van der Waals surface area contributed by atoms with Crippen LogP contribution < -0.4 is 17.0 Å². The van der Waals surface area contributed by atoms with Crippen LogP contribution in [-0.4, -0.2) is 24.6 Å². The largest absolute Gasteiger partial charge is 1.00 e. The summed E-state index contributed by atoms with van der Waals surface area (Å²) in [4.78, 5) is 0. The molecule has 18 heavy (non-hydrogen) atoms. The van der Waals surface area contributed by atoms with Gasteiger partial charge in [0.05, 0.1) is 24.6 Å². The van der Waals surface area contributed by atoms with Crippen LogP contribution in [0.4, 0.5) is 0 Å². The zero-order chi connectivity index (χ0) is 13.0. The minimum atomic E-state index is -0.545. The molecular weight excluding hydrogens is 303 g/mol. The Bertz CT molecular complexity index is 142. The van der Waals surface area contributed by atoms with Crippen LogP contribution in [0.1, 0.15) is 79.1 Å². The standard InChI is InChI=1S/C16H36P.BrH/c1-5-9-10-11-12-16-17(13-6-2,14-7-3)15-8-4;/h5-16H2,1-4H3;1H/q+1;/p-1. The molecule has 0 heterocycles. The van der Waals surface area contributed by atoms with Crippen molar-refractivity contribution < 1.29 is 17.0 Å². The topological polar surface area (TPSA) is 0 Å². The summed E-state index contributed by atoms with van der Waals surface area (Å²) >= 11 is 0. The smallest absolute Gasteiger partial charge is 0.0594 e. The summed E-state index contributed by atoms with van der Waals surface area (Å²) in [5, 5.41) is 0. The third-order valence-electron chi connectivity index (χ3n) is 3.83. The lowest BCUT2D eigenvalue weighted by Gasteiger charge is -2.27. The molecular formula is C16H36BrP. The Morgan fingerprint density at radius 2 is 0.944 bits per heavy atom. The number of rotatable bonds is 12. The molecule has 0 bridgehead atoms. The average Bonchev–Trinajstić information content (AvgIpc) is 2.30. The molecule has 112 valence electrons. The average molecular weight is 339 g/mol. The summed E-state index contributed by atoms with van der Waals surface area (Å²) in [6.07, 6.45) is 17.9. The summed E-state index contributed by atoms with van der Waals surface area (Å²) in [6.45, 7) is 9.47. The number of hydrogen-bond donors (Lipinski definition) is 0. The van der Waals surface area contributed by atoms with E-state index in [0.717, 1.165) is 0 Å². The maximum Gasteiger partial charge on any atom is 0.0594 e. The quantitative estimate of drug-likeness (QED) is 0.378. The molecule has 0 radical (unpaired) electrons. The van der Waals surface area contributed by atoms with E-state index in [4.69, 9.17) is 0 Å². The van der Waals surface area contributed by atoms with E-state index in [1.807, 2.05) is 0 Å². The molecule has 0 fully saturated rings. The Balaban J connectivity index is 0. The molecule has 0 atom stereocenters. The minimum absolute atomic E-state index is 0. The molecule has 0 aromatic rings. The van der Waals surface area contributed by atoms with Gasteiger partial charge in [0.25, 0.3) is 0 Å². The molecule has 0 amide bonds. The van der Waals surface area contributed by atoms with Crippen molar-refractivity contribution in [1.82, 2.24) is 0 Å². The van der Waals surface area contributed by atoms with Crippen molar-refractivity contribution in [3.8, 4) is 0 Å². The Hall–Kier alpha value is 0.910. The van der Waals surface area contributed by atoms with Crippen LogP contribution in [0.2, 0.25) is 0 Å². The number of unbranched alkanes of at least 4 members (excludes halogenated alkanes) is 4. The van der Waals surface area contributed by atoms with Crippen LogP contribution >= 0.6 is 7.26 Å². The normalized spacial score (nSPS) is 11.3. The summed E-state index contributed by atoms with van der Waals surface area (Å²) in [5.41, 5.74) is 0. The lowest BCUT2D eigenvalue weighted by molar-refractivity contribution is -0.00000406. The van der Waals surface area contributed by atoms with E-state index in [1.54, 1.807) is 24.6 Å². The minimum Gasteiger partial charge on any atom is -1.00 e. The highest BCUT2D eigenvalue weighted by molar-refractivity contribution is 7.75. The molecule has 0 N–H and O–H groups in total. The molecule has 0 aromatic heterocycles. The van der Waals surface area contributed by atoms with E-state index in [1.165, 1.54) is 51.4 Å². The Morgan fingerprint density at radius 1 is 0.500 bits per heavy atom. The number of halogens is 1. The predicted molar refractivity (Wildman–Crippen MR) is 86.0 cm³/mol. The van der Waals surface area contributed by atoms with Gasteiger partial charge in [-0.1, -0.05) is 47.0 Å². The van der Waals surface area contributed by atoms with Crippen molar-refractivity contribution >= 4 is 7.26 Å². The van der Waals surface area contributed by atoms with Gasteiger partial charge < -0.3 is 17.0 Å². The summed E-state index contributed by atoms with van der Waals surface area (Å²) in [5.74, 6) is 0. The van der Waals surface area contributed by atoms with Crippen molar-refractivity contribution in [2.75, 3.05) is 24.6 Å². The van der Waals surface area contributed by atoms with Crippen LogP contribution in [-0.2, 0) is 0 Å². The molecule has 0 nitrogen and oxygen atoms in total. The maximum atomic E-state index is 2.39. The number of hydrogen-bond acceptors (Lipinski definition) is 0. The first-order valence-electron chi connectivity index (χ1n) is 8.09. The van der Waals surface area contributed by atoms with E-state index in [9.17, 15) is 0 Å². The predicted octanol–water partition coefficient (Wildman–Crippen LogP) is 3.21. The lowest BCUT2D eigenvalue weighted by Crippen LogP contribution is -3.00. The zero-order valence-corrected chi connectivity index (χ0v) is 15.8. The first-order valence-corrected chi connectivity index (χ1v) is 10.6. The fourth-order valence-corrected chi connectivity index (χ4v) is 8.23. The monoisotopic (exact) mass is 338 g/mol. The highest BCUT2D eigenvalue weighted by Gasteiger charge is 2.33. The summed E-state index contributed by atoms with van der Waals surface area (Å²) in [7, 11) is -0.545. The lowest BCUT2D eigenvalue weighted by atomic mass is 10.2. The van der Waals surface area contributed by atoms with Crippen LogP contribution in [0, 0.1) is 0 Å². The van der Waals surface area contributed by atoms with Crippen LogP contribution in [0.3, 0.4) is 0 Å².